The summed E-state index contributed by atoms with van der Waals surface area (Å²) in [6.07, 6.45) is 5.26. The molecule has 0 unspecified atom stereocenters. The van der Waals surface area contributed by atoms with Crippen molar-refractivity contribution in [1.29, 1.82) is 0 Å². The number of amides is 1. The molecular formula is C14H15N5O. The van der Waals surface area contributed by atoms with E-state index in [0.29, 0.717) is 12.1 Å². The first-order valence-electron chi connectivity index (χ1n) is 6.34. The smallest absolute Gasteiger partial charge is 0.253 e. The fourth-order valence-electron chi connectivity index (χ4n) is 2.18. The molecule has 0 spiro atoms. The van der Waals surface area contributed by atoms with Crippen LogP contribution in [0.5, 0.6) is 0 Å². The molecule has 3 aromatic heterocycles. The SMILES string of the molecule is Cc1nn(C)c2ncc(C(=O)NCc3cc[nH]c3)cc12. The quantitative estimate of drug-likeness (QED) is 0.757. The minimum Gasteiger partial charge on any atom is -0.367 e. The van der Waals surface area contributed by atoms with E-state index in [1.165, 1.54) is 0 Å². The number of fused-ring (bicyclic) bond motifs is 1. The summed E-state index contributed by atoms with van der Waals surface area (Å²) in [5, 5.41) is 8.07. The first kappa shape index (κ1) is 12.4. The van der Waals surface area contributed by atoms with Crippen molar-refractivity contribution < 1.29 is 4.79 Å². The van der Waals surface area contributed by atoms with Crippen LogP contribution < -0.4 is 5.32 Å². The minimum atomic E-state index is -0.135. The first-order valence-corrected chi connectivity index (χ1v) is 6.34. The Kier molecular flexibility index (Phi) is 2.98. The molecule has 0 fully saturated rings. The molecule has 0 saturated carbocycles. The number of rotatable bonds is 3. The van der Waals surface area contributed by atoms with E-state index in [1.807, 2.05) is 38.5 Å². The van der Waals surface area contributed by atoms with E-state index in [4.69, 9.17) is 0 Å². The number of carbonyl (C=O) groups is 1. The van der Waals surface area contributed by atoms with E-state index in [9.17, 15) is 4.79 Å². The molecule has 0 bridgehead atoms. The Morgan fingerprint density at radius 3 is 3.10 bits per heavy atom. The number of nitrogens with one attached hydrogen (secondary N) is 2. The standard InChI is InChI=1S/C14H15N5O/c1-9-12-5-11(8-16-13(12)19(2)18-9)14(20)17-7-10-3-4-15-6-10/h3-6,8,15H,7H2,1-2H3,(H,17,20). The molecule has 20 heavy (non-hydrogen) atoms. The maximum absolute atomic E-state index is 12.1. The van der Waals surface area contributed by atoms with Crippen LogP contribution in [0.15, 0.2) is 30.7 Å². The number of H-pyrrole nitrogens is 1. The fraction of sp³-hybridized carbons (Fsp3) is 0.214. The van der Waals surface area contributed by atoms with Gasteiger partial charge in [0.15, 0.2) is 5.65 Å². The van der Waals surface area contributed by atoms with Gasteiger partial charge in [-0.2, -0.15) is 5.10 Å². The van der Waals surface area contributed by atoms with Crippen molar-refractivity contribution in [2.75, 3.05) is 0 Å². The number of aryl methyl sites for hydroxylation is 2. The van der Waals surface area contributed by atoms with Crippen LogP contribution in [-0.2, 0) is 13.6 Å². The highest BCUT2D eigenvalue weighted by Crippen LogP contribution is 2.16. The number of hydrogen-bond donors (Lipinski definition) is 2. The predicted octanol–water partition coefficient (Wildman–Crippen LogP) is 1.53. The second-order valence-electron chi connectivity index (χ2n) is 4.71. The van der Waals surface area contributed by atoms with Gasteiger partial charge in [0.1, 0.15) is 0 Å². The number of carbonyl (C=O) groups excluding carboxylic acids is 1. The number of aromatic nitrogens is 4. The van der Waals surface area contributed by atoms with Crippen LogP contribution in [0.2, 0.25) is 0 Å². The van der Waals surface area contributed by atoms with Crippen molar-refractivity contribution >= 4 is 16.9 Å². The lowest BCUT2D eigenvalue weighted by Gasteiger charge is -2.04. The second kappa shape index (κ2) is 4.80. The van der Waals surface area contributed by atoms with Gasteiger partial charge in [0.25, 0.3) is 5.91 Å². The Morgan fingerprint density at radius 1 is 1.50 bits per heavy atom. The van der Waals surface area contributed by atoms with E-state index in [1.54, 1.807) is 10.9 Å². The van der Waals surface area contributed by atoms with Gasteiger partial charge in [0.05, 0.1) is 11.3 Å². The molecule has 0 atom stereocenters. The third kappa shape index (κ3) is 2.16. The molecule has 102 valence electrons. The maximum Gasteiger partial charge on any atom is 0.253 e. The average molecular weight is 269 g/mol. The Morgan fingerprint density at radius 2 is 2.35 bits per heavy atom. The molecule has 3 heterocycles. The van der Waals surface area contributed by atoms with Crippen molar-refractivity contribution in [3.05, 3.63) is 47.5 Å². The summed E-state index contributed by atoms with van der Waals surface area (Å²) < 4.78 is 1.71. The van der Waals surface area contributed by atoms with Crippen molar-refractivity contribution in [2.45, 2.75) is 13.5 Å². The highest BCUT2D eigenvalue weighted by Gasteiger charge is 2.11. The van der Waals surface area contributed by atoms with Gasteiger partial charge >= 0.3 is 0 Å². The molecule has 3 aromatic rings. The zero-order valence-corrected chi connectivity index (χ0v) is 11.3. The summed E-state index contributed by atoms with van der Waals surface area (Å²) >= 11 is 0. The van der Waals surface area contributed by atoms with Crippen LogP contribution in [0.25, 0.3) is 11.0 Å². The van der Waals surface area contributed by atoms with E-state index in [2.05, 4.69) is 20.4 Å². The van der Waals surface area contributed by atoms with Crippen molar-refractivity contribution in [2.24, 2.45) is 7.05 Å². The third-order valence-electron chi connectivity index (χ3n) is 3.24. The molecular weight excluding hydrogens is 254 g/mol. The van der Waals surface area contributed by atoms with E-state index >= 15 is 0 Å². The van der Waals surface area contributed by atoms with Gasteiger partial charge < -0.3 is 10.3 Å². The molecule has 0 aromatic carbocycles. The van der Waals surface area contributed by atoms with Crippen LogP contribution >= 0.6 is 0 Å². The van der Waals surface area contributed by atoms with Gasteiger partial charge in [-0.15, -0.1) is 0 Å². The van der Waals surface area contributed by atoms with Gasteiger partial charge in [-0.1, -0.05) is 0 Å². The third-order valence-corrected chi connectivity index (χ3v) is 3.24. The molecule has 0 saturated heterocycles. The molecule has 0 radical (unpaired) electrons. The van der Waals surface area contributed by atoms with Crippen LogP contribution in [0, 0.1) is 6.92 Å². The Labute approximate surface area is 115 Å². The summed E-state index contributed by atoms with van der Waals surface area (Å²) in [7, 11) is 1.84. The van der Waals surface area contributed by atoms with Gasteiger partial charge in [0.2, 0.25) is 0 Å². The highest BCUT2D eigenvalue weighted by atomic mass is 16.1. The van der Waals surface area contributed by atoms with Crippen LogP contribution in [0.4, 0.5) is 0 Å². The number of pyridine rings is 1. The van der Waals surface area contributed by atoms with Gasteiger partial charge in [-0.3, -0.25) is 9.48 Å². The van der Waals surface area contributed by atoms with Crippen molar-refractivity contribution in [3.8, 4) is 0 Å². The van der Waals surface area contributed by atoms with E-state index in [0.717, 1.165) is 22.3 Å². The fourth-order valence-corrected chi connectivity index (χ4v) is 2.18. The van der Waals surface area contributed by atoms with Crippen molar-refractivity contribution in [3.63, 3.8) is 0 Å². The molecule has 2 N–H and O–H groups in total. The lowest BCUT2D eigenvalue weighted by molar-refractivity contribution is 0.0950. The van der Waals surface area contributed by atoms with Crippen LogP contribution in [0.3, 0.4) is 0 Å². The highest BCUT2D eigenvalue weighted by molar-refractivity contribution is 5.97. The predicted molar refractivity (Wildman–Crippen MR) is 75.2 cm³/mol. The number of aromatic amines is 1. The Balaban J connectivity index is 1.82. The zero-order valence-electron chi connectivity index (χ0n) is 11.3. The normalized spacial score (nSPS) is 10.9. The number of hydrogen-bond acceptors (Lipinski definition) is 3. The lowest BCUT2D eigenvalue weighted by atomic mass is 10.2. The van der Waals surface area contributed by atoms with Crippen LogP contribution in [0.1, 0.15) is 21.6 Å². The lowest BCUT2D eigenvalue weighted by Crippen LogP contribution is -2.22. The second-order valence-corrected chi connectivity index (χ2v) is 4.71. The molecule has 0 aliphatic carbocycles. The Hall–Kier alpha value is -2.63. The summed E-state index contributed by atoms with van der Waals surface area (Å²) in [6, 6.07) is 3.75. The Bertz CT molecular complexity index is 757. The zero-order chi connectivity index (χ0) is 14.1. The molecule has 3 rings (SSSR count). The van der Waals surface area contributed by atoms with Crippen LogP contribution in [-0.4, -0.2) is 25.7 Å². The molecule has 6 nitrogen and oxygen atoms in total. The number of nitrogens with zero attached hydrogens (tertiary/aromatic N) is 3. The minimum absolute atomic E-state index is 0.135. The largest absolute Gasteiger partial charge is 0.367 e. The van der Waals surface area contributed by atoms with Crippen molar-refractivity contribution in [1.82, 2.24) is 25.1 Å². The first-order chi connectivity index (χ1) is 9.65. The topological polar surface area (TPSA) is 75.6 Å². The molecule has 0 aliphatic heterocycles. The van der Waals surface area contributed by atoms with Gasteiger partial charge in [-0.05, 0) is 24.6 Å². The maximum atomic E-state index is 12.1. The summed E-state index contributed by atoms with van der Waals surface area (Å²) in [6.45, 7) is 2.40. The average Bonchev–Trinajstić information content (AvgIpc) is 3.05. The summed E-state index contributed by atoms with van der Waals surface area (Å²) in [5.41, 5.74) is 3.23. The molecule has 1 amide bonds. The molecule has 6 heteroatoms. The van der Waals surface area contributed by atoms with Gasteiger partial charge in [-0.25, -0.2) is 4.98 Å². The monoisotopic (exact) mass is 269 g/mol. The van der Waals surface area contributed by atoms with Gasteiger partial charge in [0, 0.05) is 37.6 Å². The summed E-state index contributed by atoms with van der Waals surface area (Å²) in [5.74, 6) is -0.135. The van der Waals surface area contributed by atoms with E-state index < -0.39 is 0 Å². The molecule has 0 aliphatic rings. The summed E-state index contributed by atoms with van der Waals surface area (Å²) in [4.78, 5) is 19.4. The van der Waals surface area contributed by atoms with E-state index in [-0.39, 0.29) is 5.91 Å².